The van der Waals surface area contributed by atoms with Gasteiger partial charge < -0.3 is 0 Å². The minimum Gasteiger partial charge on any atom is -0.240 e. The standard InChI is InChI=1S/C15H10BrN/c16-14-10-9-12-7-4-8-13(15(12)17-14)11-5-2-1-3-6-11/h1-10H. The number of pyridine rings is 1. The highest BCUT2D eigenvalue weighted by molar-refractivity contribution is 9.10. The predicted molar refractivity (Wildman–Crippen MR) is 74.9 cm³/mol. The Labute approximate surface area is 108 Å². The van der Waals surface area contributed by atoms with Crippen molar-refractivity contribution in [2.24, 2.45) is 0 Å². The van der Waals surface area contributed by atoms with E-state index >= 15 is 0 Å². The van der Waals surface area contributed by atoms with Crippen molar-refractivity contribution in [2.45, 2.75) is 0 Å². The Hall–Kier alpha value is -1.67. The molecule has 0 amide bonds. The van der Waals surface area contributed by atoms with Gasteiger partial charge in [0.2, 0.25) is 0 Å². The molecule has 3 rings (SSSR count). The minimum absolute atomic E-state index is 0.869. The van der Waals surface area contributed by atoms with Gasteiger partial charge in [0, 0.05) is 10.9 Å². The maximum atomic E-state index is 4.57. The maximum absolute atomic E-state index is 4.57. The van der Waals surface area contributed by atoms with Crippen LogP contribution in [0.3, 0.4) is 0 Å². The summed E-state index contributed by atoms with van der Waals surface area (Å²) in [5, 5.41) is 1.16. The highest BCUT2D eigenvalue weighted by Crippen LogP contribution is 2.27. The van der Waals surface area contributed by atoms with Crippen molar-refractivity contribution in [1.29, 1.82) is 0 Å². The Kier molecular flexibility index (Phi) is 2.65. The maximum Gasteiger partial charge on any atom is 0.106 e. The Morgan fingerprint density at radius 2 is 1.59 bits per heavy atom. The molecular formula is C15H10BrN. The first-order valence-electron chi connectivity index (χ1n) is 5.45. The molecule has 2 heteroatoms. The first kappa shape index (κ1) is 10.5. The zero-order valence-corrected chi connectivity index (χ0v) is 10.7. The van der Waals surface area contributed by atoms with Gasteiger partial charge in [0.1, 0.15) is 4.60 Å². The molecule has 0 saturated carbocycles. The molecule has 3 aromatic rings. The second-order valence-electron chi connectivity index (χ2n) is 3.88. The van der Waals surface area contributed by atoms with Crippen LogP contribution in [0.1, 0.15) is 0 Å². The molecule has 1 heterocycles. The van der Waals surface area contributed by atoms with Gasteiger partial charge >= 0.3 is 0 Å². The number of hydrogen-bond acceptors (Lipinski definition) is 1. The first-order chi connectivity index (χ1) is 8.34. The van der Waals surface area contributed by atoms with E-state index < -0.39 is 0 Å². The lowest BCUT2D eigenvalue weighted by Crippen LogP contribution is -1.85. The third-order valence-corrected chi connectivity index (χ3v) is 3.21. The van der Waals surface area contributed by atoms with Crippen LogP contribution in [0, 0.1) is 0 Å². The lowest BCUT2D eigenvalue weighted by Gasteiger charge is -2.06. The topological polar surface area (TPSA) is 12.9 Å². The fourth-order valence-corrected chi connectivity index (χ4v) is 2.28. The number of aromatic nitrogens is 1. The van der Waals surface area contributed by atoms with E-state index in [0.29, 0.717) is 0 Å². The van der Waals surface area contributed by atoms with Crippen LogP contribution in [0.4, 0.5) is 0 Å². The quantitative estimate of drug-likeness (QED) is 0.592. The molecule has 0 spiro atoms. The number of benzene rings is 2. The second kappa shape index (κ2) is 4.30. The monoisotopic (exact) mass is 283 g/mol. The zero-order chi connectivity index (χ0) is 11.7. The smallest absolute Gasteiger partial charge is 0.106 e. The summed E-state index contributed by atoms with van der Waals surface area (Å²) in [6, 6.07) is 20.7. The summed E-state index contributed by atoms with van der Waals surface area (Å²) in [6.07, 6.45) is 0. The molecule has 2 aromatic carbocycles. The number of halogens is 1. The van der Waals surface area contributed by atoms with E-state index in [4.69, 9.17) is 0 Å². The molecule has 1 aromatic heterocycles. The van der Waals surface area contributed by atoms with Gasteiger partial charge in [0.25, 0.3) is 0 Å². The molecule has 0 bridgehead atoms. The minimum atomic E-state index is 0.869. The highest BCUT2D eigenvalue weighted by Gasteiger charge is 2.04. The van der Waals surface area contributed by atoms with Crippen LogP contribution in [0.25, 0.3) is 22.0 Å². The Balaban J connectivity index is 2.33. The van der Waals surface area contributed by atoms with Crippen molar-refractivity contribution < 1.29 is 0 Å². The Morgan fingerprint density at radius 3 is 2.41 bits per heavy atom. The van der Waals surface area contributed by atoms with E-state index in [1.807, 2.05) is 24.3 Å². The van der Waals surface area contributed by atoms with Crippen LogP contribution in [0.5, 0.6) is 0 Å². The molecule has 0 atom stereocenters. The van der Waals surface area contributed by atoms with Crippen molar-refractivity contribution in [3.8, 4) is 11.1 Å². The molecule has 82 valence electrons. The average molecular weight is 284 g/mol. The van der Waals surface area contributed by atoms with Gasteiger partial charge in [-0.1, -0.05) is 54.6 Å². The summed E-state index contributed by atoms with van der Waals surface area (Å²) < 4.78 is 0.869. The summed E-state index contributed by atoms with van der Waals surface area (Å²) in [7, 11) is 0. The molecule has 0 radical (unpaired) electrons. The summed E-state index contributed by atoms with van der Waals surface area (Å²) in [6.45, 7) is 0. The zero-order valence-electron chi connectivity index (χ0n) is 9.10. The fourth-order valence-electron chi connectivity index (χ4n) is 1.97. The second-order valence-corrected chi connectivity index (χ2v) is 4.69. The lowest BCUT2D eigenvalue weighted by atomic mass is 10.0. The molecule has 0 aliphatic carbocycles. The number of rotatable bonds is 1. The molecule has 0 aliphatic heterocycles. The summed E-state index contributed by atoms with van der Waals surface area (Å²) >= 11 is 3.43. The largest absolute Gasteiger partial charge is 0.240 e. The predicted octanol–water partition coefficient (Wildman–Crippen LogP) is 4.66. The number of fused-ring (bicyclic) bond motifs is 1. The fraction of sp³-hybridized carbons (Fsp3) is 0. The van der Waals surface area contributed by atoms with Crippen LogP contribution >= 0.6 is 15.9 Å². The third kappa shape index (κ3) is 1.96. The van der Waals surface area contributed by atoms with Crippen LogP contribution in [0.2, 0.25) is 0 Å². The van der Waals surface area contributed by atoms with E-state index in [1.54, 1.807) is 0 Å². The summed E-state index contributed by atoms with van der Waals surface area (Å²) in [5.74, 6) is 0. The molecule has 0 saturated heterocycles. The molecular weight excluding hydrogens is 274 g/mol. The van der Waals surface area contributed by atoms with Gasteiger partial charge in [-0.2, -0.15) is 0 Å². The van der Waals surface area contributed by atoms with Gasteiger partial charge in [-0.3, -0.25) is 0 Å². The average Bonchev–Trinajstić information content (AvgIpc) is 2.39. The van der Waals surface area contributed by atoms with Crippen molar-refractivity contribution in [2.75, 3.05) is 0 Å². The SMILES string of the molecule is Brc1ccc2cccc(-c3ccccc3)c2n1. The van der Waals surface area contributed by atoms with E-state index in [2.05, 4.69) is 57.3 Å². The number of nitrogens with zero attached hydrogens (tertiary/aromatic N) is 1. The normalized spacial score (nSPS) is 10.6. The van der Waals surface area contributed by atoms with Gasteiger partial charge in [0.15, 0.2) is 0 Å². The molecule has 0 unspecified atom stereocenters. The van der Waals surface area contributed by atoms with Gasteiger partial charge in [0.05, 0.1) is 5.52 Å². The van der Waals surface area contributed by atoms with Crippen LogP contribution in [-0.4, -0.2) is 4.98 Å². The van der Waals surface area contributed by atoms with E-state index in [0.717, 1.165) is 15.5 Å². The third-order valence-electron chi connectivity index (χ3n) is 2.77. The van der Waals surface area contributed by atoms with Crippen molar-refractivity contribution in [1.82, 2.24) is 4.98 Å². The number of para-hydroxylation sites is 1. The highest BCUT2D eigenvalue weighted by atomic mass is 79.9. The number of hydrogen-bond donors (Lipinski definition) is 0. The molecule has 17 heavy (non-hydrogen) atoms. The van der Waals surface area contributed by atoms with Crippen LogP contribution < -0.4 is 0 Å². The Morgan fingerprint density at radius 1 is 0.765 bits per heavy atom. The van der Waals surface area contributed by atoms with Crippen molar-refractivity contribution in [3.05, 3.63) is 65.3 Å². The molecule has 0 N–H and O–H groups in total. The Bertz CT molecular complexity index is 662. The van der Waals surface area contributed by atoms with E-state index in [1.165, 1.54) is 11.1 Å². The van der Waals surface area contributed by atoms with Gasteiger partial charge in [-0.05, 0) is 27.6 Å². The molecule has 0 aliphatic rings. The van der Waals surface area contributed by atoms with Gasteiger partial charge in [-0.15, -0.1) is 0 Å². The summed E-state index contributed by atoms with van der Waals surface area (Å²) in [4.78, 5) is 4.57. The van der Waals surface area contributed by atoms with E-state index in [9.17, 15) is 0 Å². The first-order valence-corrected chi connectivity index (χ1v) is 6.24. The van der Waals surface area contributed by atoms with Crippen LogP contribution in [-0.2, 0) is 0 Å². The van der Waals surface area contributed by atoms with Gasteiger partial charge in [-0.25, -0.2) is 4.98 Å². The molecule has 0 fully saturated rings. The lowest BCUT2D eigenvalue weighted by molar-refractivity contribution is 1.35. The molecule has 1 nitrogen and oxygen atoms in total. The van der Waals surface area contributed by atoms with Crippen molar-refractivity contribution >= 4 is 26.8 Å². The van der Waals surface area contributed by atoms with E-state index in [-0.39, 0.29) is 0 Å². The van der Waals surface area contributed by atoms with Crippen molar-refractivity contribution in [3.63, 3.8) is 0 Å². The summed E-state index contributed by atoms with van der Waals surface area (Å²) in [5.41, 5.74) is 3.40. The van der Waals surface area contributed by atoms with Crippen LogP contribution in [0.15, 0.2) is 65.3 Å².